The normalized spacial score (nSPS) is 23.4. The maximum absolute atomic E-state index is 12.7. The van der Waals surface area contributed by atoms with Gasteiger partial charge in [-0.1, -0.05) is 6.92 Å². The van der Waals surface area contributed by atoms with Crippen LogP contribution in [0.15, 0.2) is 24.3 Å². The van der Waals surface area contributed by atoms with Crippen LogP contribution in [0.1, 0.15) is 26.2 Å². The van der Waals surface area contributed by atoms with Crippen molar-refractivity contribution in [2.75, 3.05) is 5.32 Å². The summed E-state index contributed by atoms with van der Waals surface area (Å²) in [5.41, 5.74) is 0.815. The summed E-state index contributed by atoms with van der Waals surface area (Å²) in [5.74, 6) is 0.542. The van der Waals surface area contributed by atoms with Crippen molar-refractivity contribution in [3.8, 4) is 0 Å². The summed E-state index contributed by atoms with van der Waals surface area (Å²) in [6.07, 6.45) is 3.61. The van der Waals surface area contributed by atoms with Crippen molar-refractivity contribution in [3.05, 3.63) is 30.1 Å². The molecule has 2 rings (SSSR count). The fourth-order valence-corrected chi connectivity index (χ4v) is 2.51. The van der Waals surface area contributed by atoms with Gasteiger partial charge in [0.2, 0.25) is 0 Å². The monoisotopic (exact) mass is 252 g/mol. The molecule has 1 aromatic carbocycles. The van der Waals surface area contributed by atoms with Crippen LogP contribution < -0.4 is 10.6 Å². The predicted octanol–water partition coefficient (Wildman–Crippen LogP) is 3.30. The number of benzene rings is 1. The van der Waals surface area contributed by atoms with Gasteiger partial charge in [0, 0.05) is 11.7 Å². The van der Waals surface area contributed by atoms with Crippen LogP contribution in [-0.2, 0) is 0 Å². The molecule has 92 valence electrons. The molecule has 17 heavy (non-hydrogen) atoms. The molecule has 0 spiro atoms. The number of nitrogens with one attached hydrogen (secondary N) is 2. The minimum Gasteiger partial charge on any atom is -0.360 e. The van der Waals surface area contributed by atoms with Crippen LogP contribution >= 0.6 is 12.2 Å². The van der Waals surface area contributed by atoms with E-state index in [4.69, 9.17) is 12.2 Å². The summed E-state index contributed by atoms with van der Waals surface area (Å²) in [5, 5.41) is 6.98. The van der Waals surface area contributed by atoms with E-state index in [-0.39, 0.29) is 5.82 Å². The molecule has 0 aliphatic heterocycles. The molecule has 1 saturated carbocycles. The molecule has 0 saturated heterocycles. The van der Waals surface area contributed by atoms with Crippen molar-refractivity contribution in [2.45, 2.75) is 32.2 Å². The van der Waals surface area contributed by atoms with Gasteiger partial charge in [-0.05, 0) is 61.7 Å². The van der Waals surface area contributed by atoms with Gasteiger partial charge in [0.25, 0.3) is 0 Å². The average Bonchev–Trinajstić information content (AvgIpc) is 2.67. The number of thiocarbonyl (C=S) groups is 1. The van der Waals surface area contributed by atoms with Crippen molar-refractivity contribution in [3.63, 3.8) is 0 Å². The molecule has 0 bridgehead atoms. The van der Waals surface area contributed by atoms with Crippen molar-refractivity contribution < 1.29 is 4.39 Å². The van der Waals surface area contributed by atoms with E-state index in [1.54, 1.807) is 12.1 Å². The molecule has 0 radical (unpaired) electrons. The van der Waals surface area contributed by atoms with Gasteiger partial charge in [-0.25, -0.2) is 4.39 Å². The highest BCUT2D eigenvalue weighted by Gasteiger charge is 2.21. The first-order chi connectivity index (χ1) is 8.13. The van der Waals surface area contributed by atoms with Gasteiger partial charge in [-0.2, -0.15) is 0 Å². The van der Waals surface area contributed by atoms with Crippen LogP contribution in [0.25, 0.3) is 0 Å². The Labute approximate surface area is 107 Å². The van der Waals surface area contributed by atoms with E-state index in [0.29, 0.717) is 11.2 Å². The molecule has 2 unspecified atom stereocenters. The summed E-state index contributed by atoms with van der Waals surface area (Å²) < 4.78 is 12.7. The standard InChI is InChI=1S/C13H17FN2S/c1-9-2-5-12(8-9)16-13(17)15-11-6-3-10(14)4-7-11/h3-4,6-7,9,12H,2,5,8H2,1H3,(H2,15,16,17). The minimum absolute atomic E-state index is 0.237. The fraction of sp³-hybridized carbons (Fsp3) is 0.462. The van der Waals surface area contributed by atoms with Gasteiger partial charge in [-0.3, -0.25) is 0 Å². The van der Waals surface area contributed by atoms with E-state index in [0.717, 1.165) is 11.6 Å². The zero-order valence-corrected chi connectivity index (χ0v) is 10.7. The quantitative estimate of drug-likeness (QED) is 0.790. The van der Waals surface area contributed by atoms with Crippen LogP contribution in [0, 0.1) is 11.7 Å². The van der Waals surface area contributed by atoms with Crippen LogP contribution in [0.3, 0.4) is 0 Å². The topological polar surface area (TPSA) is 24.1 Å². The largest absolute Gasteiger partial charge is 0.360 e. The summed E-state index contributed by atoms with van der Waals surface area (Å²) >= 11 is 5.23. The predicted molar refractivity (Wildman–Crippen MR) is 72.6 cm³/mol. The molecule has 1 aliphatic carbocycles. The first-order valence-electron chi connectivity index (χ1n) is 5.96. The number of halogens is 1. The lowest BCUT2D eigenvalue weighted by Crippen LogP contribution is -2.36. The molecule has 1 aromatic rings. The Morgan fingerprint density at radius 3 is 2.59 bits per heavy atom. The van der Waals surface area contributed by atoms with E-state index in [9.17, 15) is 4.39 Å². The molecule has 2 atom stereocenters. The summed E-state index contributed by atoms with van der Waals surface area (Å²) in [6.45, 7) is 2.26. The Balaban J connectivity index is 1.83. The third-order valence-corrected chi connectivity index (χ3v) is 3.35. The fourth-order valence-electron chi connectivity index (χ4n) is 2.22. The van der Waals surface area contributed by atoms with Crippen LogP contribution in [0.2, 0.25) is 0 Å². The van der Waals surface area contributed by atoms with Gasteiger partial charge in [0.1, 0.15) is 5.82 Å². The third kappa shape index (κ3) is 3.66. The Bertz CT molecular complexity index is 391. The highest BCUT2D eigenvalue weighted by Crippen LogP contribution is 2.24. The van der Waals surface area contributed by atoms with E-state index >= 15 is 0 Å². The van der Waals surface area contributed by atoms with Crippen LogP contribution in [0.4, 0.5) is 10.1 Å². The Hall–Kier alpha value is -1.16. The maximum atomic E-state index is 12.7. The first kappa shape index (κ1) is 12.3. The van der Waals surface area contributed by atoms with Gasteiger partial charge >= 0.3 is 0 Å². The molecule has 0 amide bonds. The highest BCUT2D eigenvalue weighted by molar-refractivity contribution is 7.80. The summed E-state index contributed by atoms with van der Waals surface area (Å²) in [7, 11) is 0. The Kier molecular flexibility index (Phi) is 3.94. The van der Waals surface area contributed by atoms with Crippen LogP contribution in [-0.4, -0.2) is 11.2 Å². The van der Waals surface area contributed by atoms with E-state index in [1.165, 1.54) is 31.4 Å². The van der Waals surface area contributed by atoms with Crippen molar-refractivity contribution in [1.82, 2.24) is 5.32 Å². The zero-order valence-electron chi connectivity index (χ0n) is 9.87. The number of rotatable bonds is 2. The smallest absolute Gasteiger partial charge is 0.170 e. The molecule has 1 aliphatic rings. The lowest BCUT2D eigenvalue weighted by atomic mass is 10.1. The van der Waals surface area contributed by atoms with Gasteiger partial charge in [-0.15, -0.1) is 0 Å². The lowest BCUT2D eigenvalue weighted by molar-refractivity contribution is 0.572. The average molecular weight is 252 g/mol. The summed E-state index contributed by atoms with van der Waals surface area (Å²) in [4.78, 5) is 0. The van der Waals surface area contributed by atoms with Gasteiger partial charge < -0.3 is 10.6 Å². The molecule has 2 N–H and O–H groups in total. The highest BCUT2D eigenvalue weighted by atomic mass is 32.1. The Morgan fingerprint density at radius 1 is 1.29 bits per heavy atom. The third-order valence-electron chi connectivity index (χ3n) is 3.13. The second kappa shape index (κ2) is 5.45. The minimum atomic E-state index is -0.237. The second-order valence-electron chi connectivity index (χ2n) is 4.72. The molecule has 0 aromatic heterocycles. The molecule has 1 fully saturated rings. The molecular weight excluding hydrogens is 235 g/mol. The maximum Gasteiger partial charge on any atom is 0.170 e. The van der Waals surface area contributed by atoms with E-state index in [1.807, 2.05) is 0 Å². The number of anilines is 1. The van der Waals surface area contributed by atoms with Crippen LogP contribution in [0.5, 0.6) is 0 Å². The van der Waals surface area contributed by atoms with Gasteiger partial charge in [0.05, 0.1) is 0 Å². The second-order valence-corrected chi connectivity index (χ2v) is 5.13. The summed E-state index contributed by atoms with van der Waals surface area (Å²) in [6, 6.07) is 6.68. The van der Waals surface area contributed by atoms with E-state index in [2.05, 4.69) is 17.6 Å². The first-order valence-corrected chi connectivity index (χ1v) is 6.37. The SMILES string of the molecule is CC1CCC(NC(=S)Nc2ccc(F)cc2)C1. The molecular formula is C13H17FN2S. The van der Waals surface area contributed by atoms with Crippen molar-refractivity contribution in [2.24, 2.45) is 5.92 Å². The molecule has 4 heteroatoms. The lowest BCUT2D eigenvalue weighted by Gasteiger charge is -2.16. The van der Waals surface area contributed by atoms with Crippen molar-refractivity contribution in [1.29, 1.82) is 0 Å². The molecule has 0 heterocycles. The van der Waals surface area contributed by atoms with Crippen molar-refractivity contribution >= 4 is 23.0 Å². The van der Waals surface area contributed by atoms with Gasteiger partial charge in [0.15, 0.2) is 5.11 Å². The Morgan fingerprint density at radius 2 is 2.00 bits per heavy atom. The number of hydrogen-bond acceptors (Lipinski definition) is 1. The number of hydrogen-bond donors (Lipinski definition) is 2. The zero-order chi connectivity index (χ0) is 12.3. The van der Waals surface area contributed by atoms with E-state index < -0.39 is 0 Å². The molecule has 2 nitrogen and oxygen atoms in total.